The number of hydrogen-bond donors (Lipinski definition) is 2. The lowest BCUT2D eigenvalue weighted by Gasteiger charge is -2.41. The summed E-state index contributed by atoms with van der Waals surface area (Å²) in [5, 5.41) is 22.1. The predicted octanol–water partition coefficient (Wildman–Crippen LogP) is 5.80. The summed E-state index contributed by atoms with van der Waals surface area (Å²) in [5.74, 6) is -0.575. The van der Waals surface area contributed by atoms with Crippen LogP contribution in [-0.4, -0.2) is 32.6 Å². The number of carbonyl (C=O) groups is 2. The van der Waals surface area contributed by atoms with Crippen molar-refractivity contribution in [2.75, 3.05) is 16.0 Å². The van der Waals surface area contributed by atoms with Crippen LogP contribution in [0, 0.1) is 22.7 Å². The number of pyridine rings is 1. The maximum absolute atomic E-state index is 13.6. The van der Waals surface area contributed by atoms with E-state index in [1.165, 1.54) is 29.3 Å². The number of aromatic nitrogens is 3. The predicted molar refractivity (Wildman–Crippen MR) is 162 cm³/mol. The van der Waals surface area contributed by atoms with Crippen molar-refractivity contribution >= 4 is 63.3 Å². The molecule has 1 amide bonds. The van der Waals surface area contributed by atoms with Crippen LogP contribution in [0.15, 0.2) is 81.7 Å². The molecule has 41 heavy (non-hydrogen) atoms. The standard InChI is InChI=1S/C29H26ClN7O2S2/c1-29(2)13-21-24(22(38)14-29)18(11-10-17-7-4-3-5-8-17)19(15-31)26(32)37(21)27-35-36-28(41-27)40-16-23(39)34-20-9-6-12-33-25(20)30/h3-12,18H,13-14,16,32H2,1-2H3,(H,34,39)/b11-10+. The minimum atomic E-state index is -0.570. The Hall–Kier alpha value is -3.98. The summed E-state index contributed by atoms with van der Waals surface area (Å²) in [6.45, 7) is 4.08. The number of nitrogens with one attached hydrogen (secondary N) is 1. The first-order chi connectivity index (χ1) is 19.7. The van der Waals surface area contributed by atoms with E-state index in [-0.39, 0.29) is 39.4 Å². The monoisotopic (exact) mass is 603 g/mol. The maximum Gasteiger partial charge on any atom is 0.234 e. The number of amides is 1. The number of hydrogen-bond acceptors (Lipinski definition) is 10. The third-order valence-electron chi connectivity index (χ3n) is 6.65. The fraction of sp³-hybridized carbons (Fsp3) is 0.241. The van der Waals surface area contributed by atoms with Gasteiger partial charge in [-0.15, -0.1) is 10.2 Å². The maximum atomic E-state index is 13.6. The van der Waals surface area contributed by atoms with Crippen LogP contribution in [-0.2, 0) is 9.59 Å². The Kier molecular flexibility index (Phi) is 8.26. The Morgan fingerprint density at radius 2 is 2.05 bits per heavy atom. The average Bonchev–Trinajstić information content (AvgIpc) is 3.40. The van der Waals surface area contributed by atoms with Gasteiger partial charge in [0.05, 0.1) is 23.1 Å². The van der Waals surface area contributed by atoms with Crippen molar-refractivity contribution in [1.29, 1.82) is 5.26 Å². The van der Waals surface area contributed by atoms with Gasteiger partial charge in [0.2, 0.25) is 11.0 Å². The van der Waals surface area contributed by atoms with E-state index in [9.17, 15) is 14.9 Å². The van der Waals surface area contributed by atoms with Crippen LogP contribution >= 0.6 is 34.7 Å². The van der Waals surface area contributed by atoms with Crippen molar-refractivity contribution in [3.05, 3.63) is 88.1 Å². The summed E-state index contributed by atoms with van der Waals surface area (Å²) in [6, 6.07) is 15.3. The molecule has 1 aliphatic heterocycles. The first-order valence-corrected chi connectivity index (χ1v) is 14.9. The largest absolute Gasteiger partial charge is 0.384 e. The highest BCUT2D eigenvalue weighted by atomic mass is 35.5. The second-order valence-electron chi connectivity index (χ2n) is 10.3. The molecule has 2 aromatic heterocycles. The normalized spacial score (nSPS) is 18.4. The van der Waals surface area contributed by atoms with E-state index in [1.54, 1.807) is 17.0 Å². The molecule has 1 aromatic carbocycles. The molecule has 2 aliphatic rings. The number of benzene rings is 1. The lowest BCUT2D eigenvalue weighted by molar-refractivity contribution is -0.118. The number of nitriles is 1. The molecule has 0 spiro atoms. The van der Waals surface area contributed by atoms with E-state index in [4.69, 9.17) is 17.3 Å². The van der Waals surface area contributed by atoms with E-state index >= 15 is 0 Å². The minimum absolute atomic E-state index is 0.0194. The number of allylic oxidation sites excluding steroid dienone is 4. The Bertz CT molecular complexity index is 1640. The molecule has 1 atom stereocenters. The minimum Gasteiger partial charge on any atom is -0.384 e. The second kappa shape index (κ2) is 11.9. The smallest absolute Gasteiger partial charge is 0.234 e. The van der Waals surface area contributed by atoms with Gasteiger partial charge >= 0.3 is 0 Å². The van der Waals surface area contributed by atoms with Crippen LogP contribution in [0.2, 0.25) is 5.15 Å². The van der Waals surface area contributed by atoms with Crippen molar-refractivity contribution in [3.8, 4) is 6.07 Å². The number of thioether (sulfide) groups is 1. The van der Waals surface area contributed by atoms with Crippen molar-refractivity contribution in [1.82, 2.24) is 15.2 Å². The summed E-state index contributed by atoms with van der Waals surface area (Å²) in [5.41, 5.74) is 9.28. The van der Waals surface area contributed by atoms with Crippen LogP contribution < -0.4 is 16.0 Å². The van der Waals surface area contributed by atoms with Gasteiger partial charge in [0.1, 0.15) is 5.82 Å². The van der Waals surface area contributed by atoms with Crippen LogP contribution in [0.5, 0.6) is 0 Å². The molecular formula is C29H26ClN7O2S2. The highest BCUT2D eigenvalue weighted by molar-refractivity contribution is 8.01. The molecule has 3 heterocycles. The lowest BCUT2D eigenvalue weighted by Crippen LogP contribution is -2.42. The van der Waals surface area contributed by atoms with Gasteiger partial charge in [0, 0.05) is 29.8 Å². The zero-order chi connectivity index (χ0) is 29.1. The third-order valence-corrected chi connectivity index (χ3v) is 9.00. The summed E-state index contributed by atoms with van der Waals surface area (Å²) in [6.07, 6.45) is 6.25. The highest BCUT2D eigenvalue weighted by Gasteiger charge is 2.44. The number of nitrogens with zero attached hydrogens (tertiary/aromatic N) is 5. The number of rotatable bonds is 7. The molecular weight excluding hydrogens is 578 g/mol. The molecule has 9 nitrogen and oxygen atoms in total. The van der Waals surface area contributed by atoms with Crippen molar-refractivity contribution < 1.29 is 9.59 Å². The number of halogens is 1. The Balaban J connectivity index is 1.44. The average molecular weight is 604 g/mol. The first kappa shape index (κ1) is 28.5. The summed E-state index contributed by atoms with van der Waals surface area (Å²) < 4.78 is 0.536. The highest BCUT2D eigenvalue weighted by Crippen LogP contribution is 2.48. The first-order valence-electron chi connectivity index (χ1n) is 12.7. The van der Waals surface area contributed by atoms with E-state index in [1.807, 2.05) is 56.3 Å². The van der Waals surface area contributed by atoms with E-state index in [0.717, 1.165) is 11.3 Å². The zero-order valence-corrected chi connectivity index (χ0v) is 24.7. The SMILES string of the molecule is CC1(C)CC(=O)C2=C(C1)N(c1nnc(SCC(=O)Nc3cccnc3Cl)s1)C(N)=C(C#N)C2/C=C/c1ccccc1. The molecule has 3 aromatic rings. The summed E-state index contributed by atoms with van der Waals surface area (Å²) >= 11 is 8.48. The fourth-order valence-corrected chi connectivity index (χ4v) is 6.72. The van der Waals surface area contributed by atoms with E-state index in [0.29, 0.717) is 33.6 Å². The molecule has 0 fully saturated rings. The fourth-order valence-electron chi connectivity index (χ4n) is 4.88. The molecule has 208 valence electrons. The van der Waals surface area contributed by atoms with Gasteiger partial charge in [-0.25, -0.2) is 4.98 Å². The molecule has 5 rings (SSSR count). The molecule has 0 saturated carbocycles. The van der Waals surface area contributed by atoms with Crippen LogP contribution in [0.3, 0.4) is 0 Å². The van der Waals surface area contributed by atoms with Gasteiger partial charge < -0.3 is 11.1 Å². The van der Waals surface area contributed by atoms with Gasteiger partial charge in [-0.2, -0.15) is 5.26 Å². The van der Waals surface area contributed by atoms with E-state index < -0.39 is 5.92 Å². The molecule has 0 radical (unpaired) electrons. The van der Waals surface area contributed by atoms with Crippen LogP contribution in [0.4, 0.5) is 10.8 Å². The quantitative estimate of drug-likeness (QED) is 0.253. The summed E-state index contributed by atoms with van der Waals surface area (Å²) in [4.78, 5) is 31.7. The zero-order valence-electron chi connectivity index (χ0n) is 22.3. The van der Waals surface area contributed by atoms with Gasteiger partial charge in [-0.05, 0) is 29.5 Å². The Labute approximate surface area is 250 Å². The molecule has 0 bridgehead atoms. The number of anilines is 2. The molecule has 1 unspecified atom stereocenters. The third kappa shape index (κ3) is 6.20. The number of nitrogens with two attached hydrogens (primary N) is 1. The molecule has 0 saturated heterocycles. The van der Waals surface area contributed by atoms with Gasteiger partial charge in [0.25, 0.3) is 0 Å². The van der Waals surface area contributed by atoms with Crippen LogP contribution in [0.25, 0.3) is 6.08 Å². The number of carbonyl (C=O) groups excluding carboxylic acids is 2. The van der Waals surface area contributed by atoms with Crippen LogP contribution in [0.1, 0.15) is 32.3 Å². The Morgan fingerprint density at radius 3 is 2.78 bits per heavy atom. The van der Waals surface area contributed by atoms with Crippen molar-refractivity contribution in [3.63, 3.8) is 0 Å². The molecule has 1 aliphatic carbocycles. The molecule has 3 N–H and O–H groups in total. The van der Waals surface area contributed by atoms with Crippen molar-refractivity contribution in [2.24, 2.45) is 17.1 Å². The topological polar surface area (TPSA) is 138 Å². The number of ketones is 1. The Morgan fingerprint density at radius 1 is 1.27 bits per heavy atom. The van der Waals surface area contributed by atoms with Gasteiger partial charge in [0.15, 0.2) is 15.3 Å². The second-order valence-corrected chi connectivity index (χ2v) is 12.9. The summed E-state index contributed by atoms with van der Waals surface area (Å²) in [7, 11) is 0. The van der Waals surface area contributed by atoms with Gasteiger partial charge in [-0.3, -0.25) is 14.5 Å². The lowest BCUT2D eigenvalue weighted by atomic mass is 9.70. The van der Waals surface area contributed by atoms with E-state index in [2.05, 4.69) is 26.6 Å². The molecule has 12 heteroatoms. The van der Waals surface area contributed by atoms with Crippen molar-refractivity contribution in [2.45, 2.75) is 31.0 Å². The number of Topliss-reactive ketones (excluding diaryl/α,β-unsaturated/α-hetero) is 1. The van der Waals surface area contributed by atoms with Gasteiger partial charge in [-0.1, -0.05) is 91.0 Å².